The minimum Gasteiger partial charge on any atom is -0.351 e. The molecule has 1 N–H and O–H groups in total. The smallest absolute Gasteiger partial charge is 0.261 e. The van der Waals surface area contributed by atoms with Crippen LogP contribution in [0.1, 0.15) is 32.9 Å². The number of nitrogens with one attached hydrogen (secondary N) is 1. The number of benzene rings is 1. The van der Waals surface area contributed by atoms with Gasteiger partial charge in [0.2, 0.25) is 0 Å². The van der Waals surface area contributed by atoms with Crippen LogP contribution in [0.5, 0.6) is 0 Å². The summed E-state index contributed by atoms with van der Waals surface area (Å²) >= 11 is 7.09. The van der Waals surface area contributed by atoms with Gasteiger partial charge in [-0.25, -0.2) is 4.39 Å². The van der Waals surface area contributed by atoms with Gasteiger partial charge in [0.1, 0.15) is 5.82 Å². The fourth-order valence-electron chi connectivity index (χ4n) is 2.91. The van der Waals surface area contributed by atoms with Crippen molar-refractivity contribution in [1.82, 2.24) is 10.2 Å². The summed E-state index contributed by atoms with van der Waals surface area (Å²) in [6, 6.07) is 9.45. The molecule has 0 radical (unpaired) electrons. The molecule has 25 heavy (non-hydrogen) atoms. The fourth-order valence-corrected chi connectivity index (χ4v) is 3.87. The van der Waals surface area contributed by atoms with Gasteiger partial charge in [0.15, 0.2) is 0 Å². The van der Waals surface area contributed by atoms with Crippen molar-refractivity contribution in [3.63, 3.8) is 0 Å². The third-order valence-corrected chi connectivity index (χ3v) is 5.58. The molecule has 2 aromatic rings. The van der Waals surface area contributed by atoms with Gasteiger partial charge >= 0.3 is 0 Å². The van der Waals surface area contributed by atoms with Gasteiger partial charge in [0, 0.05) is 19.6 Å². The molecule has 2 heterocycles. The summed E-state index contributed by atoms with van der Waals surface area (Å²) in [7, 11) is 0. The standard InChI is InChI=1S/C18H18ClFN2O2S/c19-16-6-5-15(25-16)17(23)21-11-12-7-9-22(10-8-12)18(24)13-3-1-2-4-14(13)20/h1-6,12H,7-11H2,(H,21,23). The fraction of sp³-hybridized carbons (Fsp3) is 0.333. The van der Waals surface area contributed by atoms with Gasteiger partial charge in [-0.1, -0.05) is 23.7 Å². The Morgan fingerprint density at radius 1 is 1.20 bits per heavy atom. The molecule has 1 aromatic carbocycles. The van der Waals surface area contributed by atoms with Crippen molar-refractivity contribution < 1.29 is 14.0 Å². The van der Waals surface area contributed by atoms with Crippen LogP contribution in [0.3, 0.4) is 0 Å². The third kappa shape index (κ3) is 4.38. The number of piperidine rings is 1. The lowest BCUT2D eigenvalue weighted by atomic mass is 9.96. The van der Waals surface area contributed by atoms with Crippen LogP contribution in [0, 0.1) is 11.7 Å². The largest absolute Gasteiger partial charge is 0.351 e. The molecular weight excluding hydrogens is 363 g/mol. The molecule has 0 unspecified atom stereocenters. The SMILES string of the molecule is O=C(NCC1CCN(C(=O)c2ccccc2F)CC1)c1ccc(Cl)s1. The molecule has 0 bridgehead atoms. The van der Waals surface area contributed by atoms with Crippen molar-refractivity contribution in [3.8, 4) is 0 Å². The van der Waals surface area contributed by atoms with E-state index in [4.69, 9.17) is 11.6 Å². The van der Waals surface area contributed by atoms with Crippen LogP contribution in [0.25, 0.3) is 0 Å². The summed E-state index contributed by atoms with van der Waals surface area (Å²) in [5.41, 5.74) is 0.115. The highest BCUT2D eigenvalue weighted by Gasteiger charge is 2.25. The Hall–Kier alpha value is -1.92. The topological polar surface area (TPSA) is 49.4 Å². The molecule has 0 atom stereocenters. The molecule has 0 saturated carbocycles. The highest BCUT2D eigenvalue weighted by atomic mass is 35.5. The second-order valence-corrected chi connectivity index (χ2v) is 7.74. The quantitative estimate of drug-likeness (QED) is 0.876. The molecule has 1 aliphatic rings. The van der Waals surface area contributed by atoms with Crippen LogP contribution in [0.2, 0.25) is 4.34 Å². The van der Waals surface area contributed by atoms with E-state index in [-0.39, 0.29) is 17.4 Å². The van der Waals surface area contributed by atoms with E-state index in [0.29, 0.717) is 34.8 Å². The molecule has 132 valence electrons. The average Bonchev–Trinajstić information content (AvgIpc) is 3.06. The highest BCUT2D eigenvalue weighted by molar-refractivity contribution is 7.17. The van der Waals surface area contributed by atoms with E-state index in [1.165, 1.54) is 23.5 Å². The van der Waals surface area contributed by atoms with Crippen molar-refractivity contribution >= 4 is 34.8 Å². The minimum absolute atomic E-state index is 0.115. The molecule has 4 nitrogen and oxygen atoms in total. The summed E-state index contributed by atoms with van der Waals surface area (Å²) in [5, 5.41) is 2.92. The van der Waals surface area contributed by atoms with Crippen molar-refractivity contribution in [2.75, 3.05) is 19.6 Å². The number of hydrogen-bond donors (Lipinski definition) is 1. The molecule has 3 rings (SSSR count). The van der Waals surface area contributed by atoms with Crippen molar-refractivity contribution in [2.45, 2.75) is 12.8 Å². The highest BCUT2D eigenvalue weighted by Crippen LogP contribution is 2.22. The Balaban J connectivity index is 1.48. The summed E-state index contributed by atoms with van der Waals surface area (Å²) in [5.74, 6) is -0.573. The zero-order chi connectivity index (χ0) is 17.8. The van der Waals surface area contributed by atoms with Gasteiger partial charge in [-0.2, -0.15) is 0 Å². The molecular formula is C18H18ClFN2O2S. The molecule has 0 aliphatic carbocycles. The maximum atomic E-state index is 13.7. The number of carbonyl (C=O) groups is 2. The van der Waals surface area contributed by atoms with Gasteiger partial charge in [0.05, 0.1) is 14.8 Å². The van der Waals surface area contributed by atoms with Crippen LogP contribution in [-0.4, -0.2) is 36.3 Å². The molecule has 0 spiro atoms. The van der Waals surface area contributed by atoms with E-state index in [1.54, 1.807) is 29.2 Å². The van der Waals surface area contributed by atoms with Crippen LogP contribution >= 0.6 is 22.9 Å². The first-order valence-corrected chi connectivity index (χ1v) is 9.31. The molecule has 2 amide bonds. The number of hydrogen-bond acceptors (Lipinski definition) is 3. The molecule has 1 aliphatic heterocycles. The summed E-state index contributed by atoms with van der Waals surface area (Å²) in [6.07, 6.45) is 1.57. The van der Waals surface area contributed by atoms with Gasteiger partial charge in [-0.15, -0.1) is 11.3 Å². The van der Waals surface area contributed by atoms with E-state index in [2.05, 4.69) is 5.32 Å². The summed E-state index contributed by atoms with van der Waals surface area (Å²) in [6.45, 7) is 1.70. The number of carbonyl (C=O) groups excluding carboxylic acids is 2. The lowest BCUT2D eigenvalue weighted by Gasteiger charge is -2.32. The van der Waals surface area contributed by atoms with Gasteiger partial charge in [0.25, 0.3) is 11.8 Å². The van der Waals surface area contributed by atoms with Gasteiger partial charge < -0.3 is 10.2 Å². The second kappa shape index (κ2) is 7.97. The molecule has 1 aromatic heterocycles. The Bertz CT molecular complexity index is 772. The number of thiophene rings is 1. The van der Waals surface area contributed by atoms with Crippen LogP contribution in [-0.2, 0) is 0 Å². The van der Waals surface area contributed by atoms with Crippen LogP contribution in [0.15, 0.2) is 36.4 Å². The minimum atomic E-state index is -0.489. The predicted molar refractivity (Wildman–Crippen MR) is 96.7 cm³/mol. The van der Waals surface area contributed by atoms with Gasteiger partial charge in [-0.3, -0.25) is 9.59 Å². The normalized spacial score (nSPS) is 15.2. The average molecular weight is 381 g/mol. The van der Waals surface area contributed by atoms with Crippen LogP contribution < -0.4 is 5.32 Å². The Morgan fingerprint density at radius 2 is 1.92 bits per heavy atom. The first-order chi connectivity index (χ1) is 12.0. The second-order valence-electron chi connectivity index (χ2n) is 6.03. The third-order valence-electron chi connectivity index (χ3n) is 4.35. The zero-order valence-electron chi connectivity index (χ0n) is 13.5. The number of halogens is 2. The van der Waals surface area contributed by atoms with E-state index < -0.39 is 5.82 Å². The predicted octanol–water partition coefficient (Wildman–Crippen LogP) is 3.82. The number of amides is 2. The number of likely N-dealkylation sites (tertiary alicyclic amines) is 1. The number of rotatable bonds is 4. The summed E-state index contributed by atoms with van der Waals surface area (Å²) in [4.78, 5) is 26.7. The van der Waals surface area contributed by atoms with Crippen LogP contribution in [0.4, 0.5) is 4.39 Å². The lowest BCUT2D eigenvalue weighted by Crippen LogP contribution is -2.41. The Morgan fingerprint density at radius 3 is 2.56 bits per heavy atom. The lowest BCUT2D eigenvalue weighted by molar-refractivity contribution is 0.0680. The Kier molecular flexibility index (Phi) is 5.71. The number of nitrogens with zero attached hydrogens (tertiary/aromatic N) is 1. The van der Waals surface area contributed by atoms with E-state index >= 15 is 0 Å². The summed E-state index contributed by atoms with van der Waals surface area (Å²) < 4.78 is 14.3. The molecule has 1 saturated heterocycles. The van der Waals surface area contributed by atoms with Crippen molar-refractivity contribution in [1.29, 1.82) is 0 Å². The van der Waals surface area contributed by atoms with E-state index in [9.17, 15) is 14.0 Å². The van der Waals surface area contributed by atoms with E-state index in [1.807, 2.05) is 0 Å². The van der Waals surface area contributed by atoms with E-state index in [0.717, 1.165) is 12.8 Å². The maximum absolute atomic E-state index is 13.7. The molecule has 7 heteroatoms. The first kappa shape index (κ1) is 17.9. The monoisotopic (exact) mass is 380 g/mol. The van der Waals surface area contributed by atoms with Crippen molar-refractivity contribution in [2.24, 2.45) is 5.92 Å². The Labute approximate surface area is 154 Å². The van der Waals surface area contributed by atoms with Gasteiger partial charge in [-0.05, 0) is 43.0 Å². The molecule has 1 fully saturated rings. The van der Waals surface area contributed by atoms with Crippen molar-refractivity contribution in [3.05, 3.63) is 57.0 Å². The zero-order valence-corrected chi connectivity index (χ0v) is 15.1. The maximum Gasteiger partial charge on any atom is 0.261 e. The first-order valence-electron chi connectivity index (χ1n) is 8.12.